The van der Waals surface area contributed by atoms with E-state index in [9.17, 15) is 4.79 Å². The number of aromatic nitrogens is 4. The van der Waals surface area contributed by atoms with Gasteiger partial charge in [0.25, 0.3) is 0 Å². The number of carbonyl (C=O) groups excluding carboxylic acids is 1. The molecule has 0 unspecified atom stereocenters. The third kappa shape index (κ3) is 3.07. The molecule has 9 nitrogen and oxygen atoms in total. The summed E-state index contributed by atoms with van der Waals surface area (Å²) in [6, 6.07) is 10.6. The van der Waals surface area contributed by atoms with Gasteiger partial charge in [-0.05, 0) is 43.9 Å². The Bertz CT molecular complexity index is 1350. The molecular weight excluding hydrogens is 468 g/mol. The first-order valence-electron chi connectivity index (χ1n) is 12.1. The zero-order chi connectivity index (χ0) is 24.1. The van der Waals surface area contributed by atoms with E-state index < -0.39 is 11.2 Å². The zero-order valence-electron chi connectivity index (χ0n) is 19.7. The SMILES string of the molecule is CNC(=O)[C@@]12C[C@@H]1[C@@H](n1cnc3c(N[C@@H]4C[C@H]4c4ccccc4)nc(Cl)nc31)[C@@H]1OC(C)(C)O[C@@H]12. The van der Waals surface area contributed by atoms with Gasteiger partial charge in [0.2, 0.25) is 11.2 Å². The minimum atomic E-state index is -0.768. The minimum absolute atomic E-state index is 0.00132. The molecule has 1 aliphatic heterocycles. The van der Waals surface area contributed by atoms with Crippen molar-refractivity contribution >= 4 is 34.5 Å². The molecular formula is C25H27ClN6O3. The number of imidazole rings is 1. The fourth-order valence-electron chi connectivity index (χ4n) is 6.51. The summed E-state index contributed by atoms with van der Waals surface area (Å²) in [5.41, 5.74) is 2.02. The number of nitrogens with one attached hydrogen (secondary N) is 2. The predicted octanol–water partition coefficient (Wildman–Crippen LogP) is 3.27. The molecule has 182 valence electrons. The lowest BCUT2D eigenvalue weighted by molar-refractivity contribution is -0.164. The average molecular weight is 495 g/mol. The highest BCUT2D eigenvalue weighted by Crippen LogP contribution is 2.71. The number of anilines is 1. The molecule has 0 bridgehead atoms. The van der Waals surface area contributed by atoms with Crippen LogP contribution in [0.1, 0.15) is 44.2 Å². The van der Waals surface area contributed by atoms with Crippen LogP contribution in [0.5, 0.6) is 0 Å². The molecule has 1 amide bonds. The Balaban J connectivity index is 1.24. The maximum atomic E-state index is 13.0. The fraction of sp³-hybridized carbons (Fsp3) is 0.520. The number of fused-ring (bicyclic) bond motifs is 4. The van der Waals surface area contributed by atoms with Crippen LogP contribution in [-0.2, 0) is 14.3 Å². The first-order chi connectivity index (χ1) is 16.8. The van der Waals surface area contributed by atoms with Crippen LogP contribution in [0.2, 0.25) is 5.28 Å². The predicted molar refractivity (Wildman–Crippen MR) is 129 cm³/mol. The van der Waals surface area contributed by atoms with Crippen LogP contribution in [-0.4, -0.2) is 56.5 Å². The van der Waals surface area contributed by atoms with E-state index in [0.717, 1.165) is 12.8 Å². The van der Waals surface area contributed by atoms with Crippen LogP contribution in [0.4, 0.5) is 5.82 Å². The quantitative estimate of drug-likeness (QED) is 0.524. The number of hydrogen-bond donors (Lipinski definition) is 2. The summed E-state index contributed by atoms with van der Waals surface area (Å²) < 4.78 is 14.6. The highest BCUT2D eigenvalue weighted by atomic mass is 35.5. The molecule has 3 heterocycles. The second-order valence-electron chi connectivity index (χ2n) is 10.6. The Morgan fingerprint density at radius 2 is 2.00 bits per heavy atom. The van der Waals surface area contributed by atoms with Crippen molar-refractivity contribution in [1.29, 1.82) is 0 Å². The minimum Gasteiger partial charge on any atom is -0.365 e. The summed E-state index contributed by atoms with van der Waals surface area (Å²) in [5, 5.41) is 6.53. The van der Waals surface area contributed by atoms with Crippen LogP contribution in [0.25, 0.3) is 11.2 Å². The molecule has 1 aromatic carbocycles. The highest BCUT2D eigenvalue weighted by molar-refractivity contribution is 6.28. The van der Waals surface area contributed by atoms with Crippen LogP contribution in [0.3, 0.4) is 0 Å². The number of benzene rings is 1. The van der Waals surface area contributed by atoms with Gasteiger partial charge in [-0.1, -0.05) is 30.3 Å². The molecule has 7 rings (SSSR count). The summed E-state index contributed by atoms with van der Waals surface area (Å²) >= 11 is 6.40. The maximum absolute atomic E-state index is 13.0. The summed E-state index contributed by atoms with van der Waals surface area (Å²) in [6.45, 7) is 3.78. The number of halogens is 1. The molecule has 2 N–H and O–H groups in total. The van der Waals surface area contributed by atoms with Crippen molar-refractivity contribution in [1.82, 2.24) is 24.8 Å². The summed E-state index contributed by atoms with van der Waals surface area (Å²) in [4.78, 5) is 26.7. The standard InChI is InChI=1S/C25H27ClN6O3/c1-24(2)34-18-17(14-10-25(14,19(18)35-24)22(33)27-3)32-11-28-16-20(30-23(26)31-21(16)32)29-15-9-13(15)12-7-5-4-6-8-12/h4-8,11,13-15,17-19H,9-10H2,1-3H3,(H,27,33)(H,29,30,31)/t13-,14+,15+,17+,18-,19-,25-/m0/s1. The Morgan fingerprint density at radius 3 is 2.77 bits per heavy atom. The lowest BCUT2D eigenvalue weighted by Crippen LogP contribution is -2.40. The van der Waals surface area contributed by atoms with E-state index in [1.807, 2.05) is 24.5 Å². The van der Waals surface area contributed by atoms with Crippen LogP contribution in [0, 0.1) is 11.3 Å². The maximum Gasteiger partial charge on any atom is 0.229 e. The van der Waals surface area contributed by atoms with Crippen molar-refractivity contribution in [2.45, 2.75) is 62.7 Å². The summed E-state index contributed by atoms with van der Waals surface area (Å²) in [7, 11) is 1.67. The molecule has 3 aliphatic carbocycles. The van der Waals surface area contributed by atoms with Gasteiger partial charge < -0.3 is 24.7 Å². The van der Waals surface area contributed by atoms with Gasteiger partial charge in [0.1, 0.15) is 12.2 Å². The molecule has 3 saturated carbocycles. The van der Waals surface area contributed by atoms with E-state index in [1.165, 1.54) is 5.56 Å². The average Bonchev–Trinajstić information content (AvgIpc) is 3.66. The van der Waals surface area contributed by atoms with E-state index in [1.54, 1.807) is 13.4 Å². The van der Waals surface area contributed by atoms with Crippen molar-refractivity contribution in [3.8, 4) is 0 Å². The van der Waals surface area contributed by atoms with Crippen LogP contribution < -0.4 is 10.6 Å². The van der Waals surface area contributed by atoms with Crippen molar-refractivity contribution in [3.63, 3.8) is 0 Å². The zero-order valence-corrected chi connectivity index (χ0v) is 20.5. The molecule has 10 heteroatoms. The Labute approximate surface area is 207 Å². The van der Waals surface area contributed by atoms with Gasteiger partial charge in [-0.25, -0.2) is 4.98 Å². The molecule has 0 spiro atoms. The van der Waals surface area contributed by atoms with Crippen molar-refractivity contribution < 1.29 is 14.3 Å². The number of nitrogens with zero attached hydrogens (tertiary/aromatic N) is 4. The van der Waals surface area contributed by atoms with Gasteiger partial charge in [-0.3, -0.25) is 4.79 Å². The Morgan fingerprint density at radius 1 is 1.20 bits per heavy atom. The first kappa shape index (κ1) is 21.5. The molecule has 35 heavy (non-hydrogen) atoms. The molecule has 3 aromatic rings. The monoisotopic (exact) mass is 494 g/mol. The smallest absolute Gasteiger partial charge is 0.229 e. The summed E-state index contributed by atoms with van der Waals surface area (Å²) in [6.07, 6.45) is 2.93. The van der Waals surface area contributed by atoms with Gasteiger partial charge >= 0.3 is 0 Å². The number of amides is 1. The molecule has 1 saturated heterocycles. The van der Waals surface area contributed by atoms with Crippen molar-refractivity contribution in [2.75, 3.05) is 12.4 Å². The lowest BCUT2D eigenvalue weighted by Gasteiger charge is -2.24. The normalized spacial score (nSPS) is 36.0. The fourth-order valence-corrected chi connectivity index (χ4v) is 6.67. The van der Waals surface area contributed by atoms with Crippen LogP contribution in [0.15, 0.2) is 36.7 Å². The number of carbonyl (C=O) groups is 1. The van der Waals surface area contributed by atoms with Gasteiger partial charge in [0.05, 0.1) is 17.8 Å². The van der Waals surface area contributed by atoms with Crippen LogP contribution >= 0.6 is 11.6 Å². The molecule has 7 atom stereocenters. The molecule has 4 fully saturated rings. The lowest BCUT2D eigenvalue weighted by atomic mass is 9.98. The molecule has 0 radical (unpaired) electrons. The highest BCUT2D eigenvalue weighted by Gasteiger charge is 2.79. The van der Waals surface area contributed by atoms with Crippen molar-refractivity contribution in [2.24, 2.45) is 11.3 Å². The van der Waals surface area contributed by atoms with Crippen molar-refractivity contribution in [3.05, 3.63) is 47.5 Å². The Kier molecular flexibility index (Phi) is 4.40. The van der Waals surface area contributed by atoms with Gasteiger partial charge in [-0.2, -0.15) is 9.97 Å². The third-order valence-electron chi connectivity index (χ3n) is 8.15. The van der Waals surface area contributed by atoms with E-state index in [2.05, 4.69) is 44.9 Å². The van der Waals surface area contributed by atoms with E-state index in [4.69, 9.17) is 26.1 Å². The van der Waals surface area contributed by atoms with E-state index in [0.29, 0.717) is 22.9 Å². The first-order valence-corrected chi connectivity index (χ1v) is 12.5. The number of ether oxygens (including phenoxy) is 2. The van der Waals surface area contributed by atoms with Gasteiger partial charge in [0, 0.05) is 24.9 Å². The van der Waals surface area contributed by atoms with Gasteiger partial charge in [-0.15, -0.1) is 0 Å². The Hall–Kier alpha value is -2.75. The topological polar surface area (TPSA) is 103 Å². The van der Waals surface area contributed by atoms with E-state index in [-0.39, 0.29) is 41.4 Å². The largest absolute Gasteiger partial charge is 0.365 e. The van der Waals surface area contributed by atoms with E-state index >= 15 is 0 Å². The number of hydrogen-bond acceptors (Lipinski definition) is 7. The molecule has 4 aliphatic rings. The second kappa shape index (κ2) is 7.15. The van der Waals surface area contributed by atoms with Gasteiger partial charge in [0.15, 0.2) is 22.8 Å². The second-order valence-corrected chi connectivity index (χ2v) is 10.9. The molecule has 2 aromatic heterocycles. The third-order valence-corrected chi connectivity index (χ3v) is 8.32. The number of rotatable bonds is 5. The summed E-state index contributed by atoms with van der Waals surface area (Å²) in [5.74, 6) is 0.372.